The van der Waals surface area contributed by atoms with Crippen LogP contribution in [0.4, 0.5) is 5.82 Å². The summed E-state index contributed by atoms with van der Waals surface area (Å²) in [6.07, 6.45) is 1.80. The molecule has 0 aliphatic rings. The van der Waals surface area contributed by atoms with Gasteiger partial charge in [0, 0.05) is 11.9 Å². The quantitative estimate of drug-likeness (QED) is 0.715. The molecule has 0 saturated heterocycles. The third-order valence-corrected chi connectivity index (χ3v) is 4.17. The Morgan fingerprint density at radius 2 is 2.10 bits per heavy atom. The second-order valence-corrected chi connectivity index (χ2v) is 5.50. The van der Waals surface area contributed by atoms with E-state index in [0.717, 1.165) is 21.6 Å². The fraction of sp³-hybridized carbons (Fsp3) is 0.0667. The molecule has 0 fully saturated rings. The molecule has 0 saturated carbocycles. The number of rotatable bonds is 4. The number of nitrogens with one attached hydrogen (secondary N) is 1. The van der Waals surface area contributed by atoms with Gasteiger partial charge in [0.2, 0.25) is 0 Å². The average Bonchev–Trinajstić information content (AvgIpc) is 2.90. The Bertz CT molecular complexity index is 767. The van der Waals surface area contributed by atoms with Gasteiger partial charge < -0.3 is 5.32 Å². The maximum absolute atomic E-state index is 6.18. The summed E-state index contributed by atoms with van der Waals surface area (Å²) in [7, 11) is 0. The predicted molar refractivity (Wildman–Crippen MR) is 86.5 cm³/mol. The summed E-state index contributed by atoms with van der Waals surface area (Å²) >= 11 is 7.71. The standard InChI is InChI=1S/C15H12ClN3S/c1-2-8-17-14-10-5-3-4-6-12(10)18-15(19-14)13-11(16)7-9-20-13/h2-7,9H,1,8H2,(H,17,18,19). The number of aromatic nitrogens is 2. The highest BCUT2D eigenvalue weighted by molar-refractivity contribution is 7.14. The molecule has 0 amide bonds. The molecule has 100 valence electrons. The van der Waals surface area contributed by atoms with Crippen molar-refractivity contribution in [3.05, 3.63) is 53.4 Å². The van der Waals surface area contributed by atoms with Crippen LogP contribution in [0, 0.1) is 0 Å². The van der Waals surface area contributed by atoms with Gasteiger partial charge in [0.05, 0.1) is 15.4 Å². The Balaban J connectivity index is 2.19. The first kappa shape index (κ1) is 13.1. The van der Waals surface area contributed by atoms with Gasteiger partial charge in [0.15, 0.2) is 5.82 Å². The van der Waals surface area contributed by atoms with Crippen LogP contribution in [-0.4, -0.2) is 16.5 Å². The molecule has 20 heavy (non-hydrogen) atoms. The molecular weight excluding hydrogens is 290 g/mol. The van der Waals surface area contributed by atoms with Crippen molar-refractivity contribution in [2.24, 2.45) is 0 Å². The molecule has 0 aliphatic carbocycles. The van der Waals surface area contributed by atoms with Crippen molar-refractivity contribution in [1.82, 2.24) is 9.97 Å². The normalized spacial score (nSPS) is 10.7. The van der Waals surface area contributed by atoms with E-state index in [0.29, 0.717) is 17.4 Å². The van der Waals surface area contributed by atoms with Crippen LogP contribution in [0.2, 0.25) is 5.02 Å². The van der Waals surface area contributed by atoms with Gasteiger partial charge in [-0.1, -0.05) is 29.8 Å². The summed E-state index contributed by atoms with van der Waals surface area (Å²) in [5.74, 6) is 1.45. The van der Waals surface area contributed by atoms with Crippen LogP contribution in [0.15, 0.2) is 48.4 Å². The first-order valence-corrected chi connectivity index (χ1v) is 7.40. The first-order valence-electron chi connectivity index (χ1n) is 6.14. The monoisotopic (exact) mass is 301 g/mol. The van der Waals surface area contributed by atoms with Crippen LogP contribution in [0.1, 0.15) is 0 Å². The van der Waals surface area contributed by atoms with Gasteiger partial charge in [-0.25, -0.2) is 9.97 Å². The van der Waals surface area contributed by atoms with Crippen LogP contribution in [0.3, 0.4) is 0 Å². The summed E-state index contributed by atoms with van der Waals surface area (Å²) in [5, 5.41) is 6.86. The van der Waals surface area contributed by atoms with Crippen LogP contribution in [0.25, 0.3) is 21.6 Å². The summed E-state index contributed by atoms with van der Waals surface area (Å²) in [5.41, 5.74) is 0.897. The maximum Gasteiger partial charge on any atom is 0.173 e. The van der Waals surface area contributed by atoms with E-state index in [-0.39, 0.29) is 0 Å². The molecular formula is C15H12ClN3S. The minimum Gasteiger partial charge on any atom is -0.366 e. The van der Waals surface area contributed by atoms with Crippen LogP contribution >= 0.6 is 22.9 Å². The van der Waals surface area contributed by atoms with Crippen molar-refractivity contribution in [1.29, 1.82) is 0 Å². The molecule has 0 aliphatic heterocycles. The fourth-order valence-corrected chi connectivity index (χ4v) is 3.01. The largest absolute Gasteiger partial charge is 0.366 e. The number of para-hydroxylation sites is 1. The molecule has 0 radical (unpaired) electrons. The van der Waals surface area contributed by atoms with Crippen LogP contribution < -0.4 is 5.32 Å². The minimum atomic E-state index is 0.648. The maximum atomic E-state index is 6.18. The number of benzene rings is 1. The Morgan fingerprint density at radius 1 is 1.25 bits per heavy atom. The predicted octanol–water partition coefficient (Wildman–Crippen LogP) is 4.61. The van der Waals surface area contributed by atoms with Crippen LogP contribution in [-0.2, 0) is 0 Å². The molecule has 0 unspecified atom stereocenters. The molecule has 0 spiro atoms. The van der Waals surface area contributed by atoms with Crippen molar-refractivity contribution >= 4 is 39.7 Å². The minimum absolute atomic E-state index is 0.648. The molecule has 0 atom stereocenters. The smallest absolute Gasteiger partial charge is 0.173 e. The van der Waals surface area contributed by atoms with E-state index in [1.165, 1.54) is 11.3 Å². The number of anilines is 1. The Labute approximate surface area is 126 Å². The number of nitrogens with zero attached hydrogens (tertiary/aromatic N) is 2. The van der Waals surface area contributed by atoms with Gasteiger partial charge >= 0.3 is 0 Å². The molecule has 1 N–H and O–H groups in total. The highest BCUT2D eigenvalue weighted by Gasteiger charge is 2.12. The van der Waals surface area contributed by atoms with E-state index in [1.807, 2.05) is 35.7 Å². The van der Waals surface area contributed by atoms with Gasteiger partial charge in [-0.2, -0.15) is 0 Å². The fourth-order valence-electron chi connectivity index (χ4n) is 1.94. The average molecular weight is 302 g/mol. The van der Waals surface area contributed by atoms with Crippen molar-refractivity contribution in [2.75, 3.05) is 11.9 Å². The van der Waals surface area contributed by atoms with Crippen LogP contribution in [0.5, 0.6) is 0 Å². The van der Waals surface area contributed by atoms with Crippen molar-refractivity contribution in [3.63, 3.8) is 0 Å². The van der Waals surface area contributed by atoms with E-state index in [2.05, 4.69) is 21.9 Å². The molecule has 2 heterocycles. The van der Waals surface area contributed by atoms with Gasteiger partial charge in [-0.15, -0.1) is 17.9 Å². The van der Waals surface area contributed by atoms with Crippen molar-refractivity contribution in [2.45, 2.75) is 0 Å². The lowest BCUT2D eigenvalue weighted by Gasteiger charge is -2.09. The van der Waals surface area contributed by atoms with Gasteiger partial charge in [-0.05, 0) is 23.6 Å². The molecule has 3 rings (SSSR count). The highest BCUT2D eigenvalue weighted by atomic mass is 35.5. The van der Waals surface area contributed by atoms with Gasteiger partial charge in [0.25, 0.3) is 0 Å². The topological polar surface area (TPSA) is 37.8 Å². The molecule has 0 bridgehead atoms. The van der Waals surface area contributed by atoms with E-state index in [1.54, 1.807) is 6.08 Å². The molecule has 2 aromatic heterocycles. The van der Waals surface area contributed by atoms with E-state index < -0.39 is 0 Å². The van der Waals surface area contributed by atoms with E-state index in [9.17, 15) is 0 Å². The second-order valence-electron chi connectivity index (χ2n) is 4.18. The highest BCUT2D eigenvalue weighted by Crippen LogP contribution is 2.33. The number of halogens is 1. The lowest BCUT2D eigenvalue weighted by Crippen LogP contribution is -2.03. The lowest BCUT2D eigenvalue weighted by atomic mass is 10.2. The van der Waals surface area contributed by atoms with Crippen molar-refractivity contribution < 1.29 is 0 Å². The summed E-state index contributed by atoms with van der Waals surface area (Å²) in [4.78, 5) is 10.1. The van der Waals surface area contributed by atoms with E-state index >= 15 is 0 Å². The zero-order chi connectivity index (χ0) is 13.9. The second kappa shape index (κ2) is 5.61. The first-order chi connectivity index (χ1) is 9.79. The third-order valence-electron chi connectivity index (χ3n) is 2.84. The third kappa shape index (κ3) is 2.40. The Morgan fingerprint density at radius 3 is 2.85 bits per heavy atom. The molecule has 3 aromatic rings. The number of thiophene rings is 1. The number of hydrogen-bond donors (Lipinski definition) is 1. The SMILES string of the molecule is C=CCNc1nc(-c2sccc2Cl)nc2ccccc12. The Kier molecular flexibility index (Phi) is 3.67. The summed E-state index contributed by atoms with van der Waals surface area (Å²) in [6.45, 7) is 4.37. The van der Waals surface area contributed by atoms with E-state index in [4.69, 9.17) is 11.6 Å². The lowest BCUT2D eigenvalue weighted by molar-refractivity contribution is 1.20. The van der Waals surface area contributed by atoms with Gasteiger partial charge in [0.1, 0.15) is 5.82 Å². The zero-order valence-corrected chi connectivity index (χ0v) is 12.2. The summed E-state index contributed by atoms with van der Waals surface area (Å²) < 4.78 is 0. The number of fused-ring (bicyclic) bond motifs is 1. The van der Waals surface area contributed by atoms with Crippen molar-refractivity contribution in [3.8, 4) is 10.7 Å². The molecule has 3 nitrogen and oxygen atoms in total. The number of hydrogen-bond acceptors (Lipinski definition) is 4. The Hall–Kier alpha value is -1.91. The summed E-state index contributed by atoms with van der Waals surface area (Å²) in [6, 6.07) is 9.77. The van der Waals surface area contributed by atoms with Gasteiger partial charge in [-0.3, -0.25) is 0 Å². The molecule has 5 heteroatoms. The zero-order valence-electron chi connectivity index (χ0n) is 10.6. The molecule has 1 aromatic carbocycles.